The van der Waals surface area contributed by atoms with Crippen molar-refractivity contribution in [2.45, 2.75) is 32.6 Å². The first-order valence-corrected chi connectivity index (χ1v) is 5.66. The first-order chi connectivity index (χ1) is 7.74. The number of carboxylic acid groups (broad SMARTS) is 1. The number of carboxylic acids is 1. The Hall–Kier alpha value is -1.51. The lowest BCUT2D eigenvalue weighted by Crippen LogP contribution is -2.01. The molecule has 0 saturated carbocycles. The number of hydrogen-bond acceptors (Lipinski definition) is 2. The van der Waals surface area contributed by atoms with Gasteiger partial charge in [0.05, 0.1) is 6.61 Å². The molecule has 0 unspecified atom stereocenters. The topological polar surface area (TPSA) is 46.5 Å². The molecule has 3 heteroatoms. The minimum Gasteiger partial charge on any atom is -0.493 e. The van der Waals surface area contributed by atoms with Crippen LogP contribution < -0.4 is 4.74 Å². The van der Waals surface area contributed by atoms with E-state index in [1.54, 1.807) is 0 Å². The molecule has 0 aliphatic carbocycles. The van der Waals surface area contributed by atoms with Crippen molar-refractivity contribution in [1.29, 1.82) is 0 Å². The second-order valence-corrected chi connectivity index (χ2v) is 3.66. The number of benzene rings is 1. The molecule has 0 spiro atoms. The molecule has 0 atom stereocenters. The summed E-state index contributed by atoms with van der Waals surface area (Å²) in [5.74, 6) is 0.175. The van der Waals surface area contributed by atoms with Crippen molar-refractivity contribution >= 4 is 5.97 Å². The van der Waals surface area contributed by atoms with Crippen LogP contribution in [-0.4, -0.2) is 17.7 Å². The van der Waals surface area contributed by atoms with Crippen LogP contribution in [0.15, 0.2) is 24.3 Å². The van der Waals surface area contributed by atoms with Crippen molar-refractivity contribution < 1.29 is 14.6 Å². The van der Waals surface area contributed by atoms with E-state index in [1.165, 1.54) is 5.56 Å². The number of aryl methyl sites for hydroxylation is 1. The van der Waals surface area contributed by atoms with E-state index in [0.29, 0.717) is 13.0 Å². The summed E-state index contributed by atoms with van der Waals surface area (Å²) in [6.07, 6.45) is 2.62. The van der Waals surface area contributed by atoms with Gasteiger partial charge in [0.15, 0.2) is 0 Å². The Balaban J connectivity index is 2.28. The van der Waals surface area contributed by atoms with Gasteiger partial charge < -0.3 is 9.84 Å². The largest absolute Gasteiger partial charge is 0.493 e. The summed E-state index contributed by atoms with van der Waals surface area (Å²) >= 11 is 0. The van der Waals surface area contributed by atoms with Crippen LogP contribution in [-0.2, 0) is 11.2 Å². The average molecular weight is 222 g/mol. The number of aliphatic carboxylic acids is 1. The number of hydrogen-bond donors (Lipinski definition) is 1. The first kappa shape index (κ1) is 12.6. The average Bonchev–Trinajstić information content (AvgIpc) is 2.29. The molecule has 1 aromatic carbocycles. The van der Waals surface area contributed by atoms with Crippen molar-refractivity contribution in [1.82, 2.24) is 0 Å². The molecular formula is C13H18O3. The monoisotopic (exact) mass is 222 g/mol. The summed E-state index contributed by atoms with van der Waals surface area (Å²) in [6, 6.07) is 7.95. The maximum Gasteiger partial charge on any atom is 0.303 e. The third-order valence-electron chi connectivity index (χ3n) is 2.40. The Morgan fingerprint density at radius 3 is 2.75 bits per heavy atom. The van der Waals surface area contributed by atoms with Gasteiger partial charge in [-0.25, -0.2) is 0 Å². The standard InChI is InChI=1S/C13H18O3/c1-2-11-7-3-4-8-12(11)16-10-6-5-9-13(14)15/h3-4,7-8H,2,5-6,9-10H2,1H3,(H,14,15). The Kier molecular flexibility index (Phi) is 5.40. The van der Waals surface area contributed by atoms with E-state index in [9.17, 15) is 4.79 Å². The van der Waals surface area contributed by atoms with Gasteiger partial charge >= 0.3 is 5.97 Å². The lowest BCUT2D eigenvalue weighted by Gasteiger charge is -2.09. The van der Waals surface area contributed by atoms with Gasteiger partial charge in [-0.15, -0.1) is 0 Å². The molecular weight excluding hydrogens is 204 g/mol. The van der Waals surface area contributed by atoms with Crippen molar-refractivity contribution in [3.8, 4) is 5.75 Å². The molecule has 0 heterocycles. The van der Waals surface area contributed by atoms with Crippen molar-refractivity contribution in [2.75, 3.05) is 6.61 Å². The molecule has 3 nitrogen and oxygen atoms in total. The normalized spacial score (nSPS) is 10.1. The minimum atomic E-state index is -0.742. The lowest BCUT2D eigenvalue weighted by molar-refractivity contribution is -0.137. The van der Waals surface area contributed by atoms with Crippen molar-refractivity contribution in [3.63, 3.8) is 0 Å². The molecule has 0 aliphatic rings. The fourth-order valence-electron chi connectivity index (χ4n) is 1.50. The molecule has 0 amide bonds. The fourth-order valence-corrected chi connectivity index (χ4v) is 1.50. The summed E-state index contributed by atoms with van der Waals surface area (Å²) < 4.78 is 5.62. The Morgan fingerprint density at radius 1 is 1.31 bits per heavy atom. The van der Waals surface area contributed by atoms with E-state index in [0.717, 1.165) is 18.6 Å². The molecule has 16 heavy (non-hydrogen) atoms. The first-order valence-electron chi connectivity index (χ1n) is 5.66. The Bertz CT molecular complexity index is 334. The zero-order valence-electron chi connectivity index (χ0n) is 9.61. The van der Waals surface area contributed by atoms with E-state index in [1.807, 2.05) is 24.3 Å². The molecule has 88 valence electrons. The zero-order valence-corrected chi connectivity index (χ0v) is 9.61. The smallest absolute Gasteiger partial charge is 0.303 e. The third kappa shape index (κ3) is 4.34. The van der Waals surface area contributed by atoms with Crippen LogP contribution in [0.1, 0.15) is 31.7 Å². The quantitative estimate of drug-likeness (QED) is 0.721. The fraction of sp³-hybridized carbons (Fsp3) is 0.462. The number of para-hydroxylation sites is 1. The van der Waals surface area contributed by atoms with Gasteiger partial charge in [-0.2, -0.15) is 0 Å². The molecule has 0 aliphatic heterocycles. The van der Waals surface area contributed by atoms with Gasteiger partial charge in [0.2, 0.25) is 0 Å². The van der Waals surface area contributed by atoms with E-state index in [-0.39, 0.29) is 6.42 Å². The maximum absolute atomic E-state index is 10.3. The molecule has 1 N–H and O–H groups in total. The lowest BCUT2D eigenvalue weighted by atomic mass is 10.1. The highest BCUT2D eigenvalue weighted by molar-refractivity contribution is 5.66. The van der Waals surface area contributed by atoms with Crippen LogP contribution in [0.2, 0.25) is 0 Å². The van der Waals surface area contributed by atoms with Gasteiger partial charge in [0, 0.05) is 6.42 Å². The maximum atomic E-state index is 10.3. The van der Waals surface area contributed by atoms with Crippen LogP contribution in [0.5, 0.6) is 5.75 Å². The predicted octanol–water partition coefficient (Wildman–Crippen LogP) is 2.88. The molecule has 0 saturated heterocycles. The zero-order chi connectivity index (χ0) is 11.8. The van der Waals surface area contributed by atoms with Crippen LogP contribution in [0.4, 0.5) is 0 Å². The van der Waals surface area contributed by atoms with Gasteiger partial charge in [0.25, 0.3) is 0 Å². The van der Waals surface area contributed by atoms with E-state index < -0.39 is 5.97 Å². The van der Waals surface area contributed by atoms with Gasteiger partial charge in [0.1, 0.15) is 5.75 Å². The number of unbranched alkanes of at least 4 members (excludes halogenated alkanes) is 1. The predicted molar refractivity (Wildman–Crippen MR) is 62.8 cm³/mol. The van der Waals surface area contributed by atoms with Crippen molar-refractivity contribution in [3.05, 3.63) is 29.8 Å². The van der Waals surface area contributed by atoms with Crippen LogP contribution in [0.25, 0.3) is 0 Å². The summed E-state index contributed by atoms with van der Waals surface area (Å²) in [7, 11) is 0. The second kappa shape index (κ2) is 6.88. The van der Waals surface area contributed by atoms with Gasteiger partial charge in [-0.05, 0) is 30.9 Å². The van der Waals surface area contributed by atoms with Gasteiger partial charge in [-0.1, -0.05) is 25.1 Å². The highest BCUT2D eigenvalue weighted by atomic mass is 16.5. The van der Waals surface area contributed by atoms with E-state index >= 15 is 0 Å². The Labute approximate surface area is 96.1 Å². The summed E-state index contributed by atoms with van der Waals surface area (Å²) in [4.78, 5) is 10.3. The number of rotatable bonds is 7. The highest BCUT2D eigenvalue weighted by Crippen LogP contribution is 2.18. The van der Waals surface area contributed by atoms with E-state index in [4.69, 9.17) is 9.84 Å². The van der Waals surface area contributed by atoms with Crippen LogP contribution in [0.3, 0.4) is 0 Å². The third-order valence-corrected chi connectivity index (χ3v) is 2.40. The molecule has 0 bridgehead atoms. The van der Waals surface area contributed by atoms with Crippen LogP contribution >= 0.6 is 0 Å². The molecule has 1 rings (SSSR count). The SMILES string of the molecule is CCc1ccccc1OCCCCC(=O)O. The minimum absolute atomic E-state index is 0.221. The van der Waals surface area contributed by atoms with Gasteiger partial charge in [-0.3, -0.25) is 4.79 Å². The Morgan fingerprint density at radius 2 is 2.06 bits per heavy atom. The second-order valence-electron chi connectivity index (χ2n) is 3.66. The molecule has 0 fully saturated rings. The van der Waals surface area contributed by atoms with E-state index in [2.05, 4.69) is 6.92 Å². The number of carbonyl (C=O) groups is 1. The number of ether oxygens (including phenoxy) is 1. The van der Waals surface area contributed by atoms with Crippen molar-refractivity contribution in [2.24, 2.45) is 0 Å². The molecule has 0 radical (unpaired) electrons. The van der Waals surface area contributed by atoms with Crippen LogP contribution in [0, 0.1) is 0 Å². The summed E-state index contributed by atoms with van der Waals surface area (Å²) in [5, 5.41) is 8.47. The molecule has 0 aromatic heterocycles. The molecule has 1 aromatic rings. The summed E-state index contributed by atoms with van der Waals surface area (Å²) in [6.45, 7) is 2.68. The highest BCUT2D eigenvalue weighted by Gasteiger charge is 2.01. The summed E-state index contributed by atoms with van der Waals surface area (Å²) in [5.41, 5.74) is 1.20.